The molecule has 1 saturated carbocycles. The Morgan fingerprint density at radius 2 is 2.07 bits per heavy atom. The predicted octanol–water partition coefficient (Wildman–Crippen LogP) is 1.48. The first-order chi connectivity index (χ1) is 13.8. The van der Waals surface area contributed by atoms with E-state index in [1.54, 1.807) is 0 Å². The first kappa shape index (κ1) is 19.9. The minimum atomic E-state index is -4.01. The lowest BCUT2D eigenvalue weighted by Gasteiger charge is -2.12. The highest BCUT2D eigenvalue weighted by atomic mass is 32.2. The number of nitrogens with two attached hydrogens (primary N) is 1. The van der Waals surface area contributed by atoms with Crippen molar-refractivity contribution in [2.24, 2.45) is 17.0 Å². The minimum Gasteiger partial charge on any atom is -0.393 e. The molecule has 9 nitrogen and oxygen atoms in total. The highest BCUT2D eigenvalue weighted by Gasteiger charge is 2.34. The first-order valence-corrected chi connectivity index (χ1v) is 10.9. The highest BCUT2D eigenvalue weighted by Crippen LogP contribution is 2.35. The molecule has 0 amide bonds. The van der Waals surface area contributed by atoms with Gasteiger partial charge < -0.3 is 10.1 Å². The van der Waals surface area contributed by atoms with Crippen LogP contribution in [-0.4, -0.2) is 46.2 Å². The number of H-pyrrole nitrogens is 1. The van der Waals surface area contributed by atoms with Gasteiger partial charge in [0, 0.05) is 11.5 Å². The topological polar surface area (TPSA) is 144 Å². The molecule has 29 heavy (non-hydrogen) atoms. The summed E-state index contributed by atoms with van der Waals surface area (Å²) >= 11 is 0. The van der Waals surface area contributed by atoms with Crippen molar-refractivity contribution in [3.63, 3.8) is 0 Å². The fourth-order valence-corrected chi connectivity index (χ4v) is 4.38. The number of nitrogens with one attached hydrogen (secondary N) is 1. The van der Waals surface area contributed by atoms with Gasteiger partial charge in [-0.25, -0.2) is 20.1 Å². The van der Waals surface area contributed by atoms with Crippen LogP contribution in [0, 0.1) is 18.8 Å². The smallest absolute Gasteiger partial charge is 0.333 e. The molecule has 1 aliphatic carbocycles. The summed E-state index contributed by atoms with van der Waals surface area (Å²) in [6.07, 6.45) is 2.65. The number of fused-ring (bicyclic) bond motifs is 1. The van der Waals surface area contributed by atoms with Gasteiger partial charge in [0.05, 0.1) is 18.4 Å². The van der Waals surface area contributed by atoms with Crippen LogP contribution in [0.2, 0.25) is 0 Å². The maximum atomic E-state index is 11.0. The van der Waals surface area contributed by atoms with Crippen LogP contribution in [-0.2, 0) is 20.9 Å². The monoisotopic (exact) mass is 417 g/mol. The lowest BCUT2D eigenvalue weighted by molar-refractivity contribution is 0.100. The third kappa shape index (κ3) is 4.45. The third-order valence-corrected chi connectivity index (χ3v) is 5.92. The molecule has 3 atom stereocenters. The molecule has 4 rings (SSSR count). The van der Waals surface area contributed by atoms with Crippen LogP contribution >= 0.6 is 0 Å². The SMILES string of the molecule is Cc1ccccc1-c1nc2ncnc(C[C@@H]3C[C@@H](COS(N)(=O)=O)[C@@H](O)C3)c2[nH]1. The molecule has 0 spiro atoms. The van der Waals surface area contributed by atoms with Gasteiger partial charge in [-0.2, -0.15) is 8.42 Å². The predicted molar refractivity (Wildman–Crippen MR) is 107 cm³/mol. The molecule has 2 heterocycles. The number of benzene rings is 1. The van der Waals surface area contributed by atoms with E-state index >= 15 is 0 Å². The molecule has 0 aliphatic heterocycles. The molecule has 1 aliphatic rings. The molecular formula is C19H23N5O4S. The Labute approximate surface area is 168 Å². The average molecular weight is 417 g/mol. The van der Waals surface area contributed by atoms with E-state index in [-0.39, 0.29) is 18.4 Å². The summed E-state index contributed by atoms with van der Waals surface area (Å²) in [7, 11) is -4.01. The summed E-state index contributed by atoms with van der Waals surface area (Å²) in [6, 6.07) is 7.97. The van der Waals surface area contributed by atoms with Gasteiger partial charge in [0.25, 0.3) is 0 Å². The van der Waals surface area contributed by atoms with Crippen molar-refractivity contribution in [1.29, 1.82) is 0 Å². The summed E-state index contributed by atoms with van der Waals surface area (Å²) in [5.41, 5.74) is 4.32. The molecule has 4 N–H and O–H groups in total. The molecule has 0 radical (unpaired) electrons. The van der Waals surface area contributed by atoms with Crippen molar-refractivity contribution in [2.45, 2.75) is 32.3 Å². The number of imidazole rings is 1. The zero-order valence-electron chi connectivity index (χ0n) is 15.9. The second-order valence-electron chi connectivity index (χ2n) is 7.57. The van der Waals surface area contributed by atoms with E-state index < -0.39 is 16.4 Å². The van der Waals surface area contributed by atoms with E-state index in [2.05, 4.69) is 24.1 Å². The summed E-state index contributed by atoms with van der Waals surface area (Å²) in [5, 5.41) is 15.1. The van der Waals surface area contributed by atoms with Crippen LogP contribution in [0.1, 0.15) is 24.1 Å². The van der Waals surface area contributed by atoms with Gasteiger partial charge >= 0.3 is 10.3 Å². The fourth-order valence-electron chi connectivity index (χ4n) is 4.01. The molecule has 0 unspecified atom stereocenters. The normalized spacial score (nSPS) is 22.4. The summed E-state index contributed by atoms with van der Waals surface area (Å²) in [6.45, 7) is 1.91. The molecule has 0 saturated heterocycles. The lowest BCUT2D eigenvalue weighted by atomic mass is 9.99. The maximum absolute atomic E-state index is 11.0. The molecule has 154 valence electrons. The van der Waals surface area contributed by atoms with Crippen LogP contribution in [0.3, 0.4) is 0 Å². The van der Waals surface area contributed by atoms with E-state index in [1.807, 2.05) is 31.2 Å². The zero-order valence-corrected chi connectivity index (χ0v) is 16.8. The van der Waals surface area contributed by atoms with Crippen LogP contribution in [0.15, 0.2) is 30.6 Å². The van der Waals surface area contributed by atoms with Gasteiger partial charge in [0.15, 0.2) is 5.65 Å². The standard InChI is InChI=1S/C19H23N5O4S/c1-11-4-2-3-5-14(11)18-23-17-15(21-10-22-19(17)24-18)7-12-6-13(16(25)8-12)9-28-29(20,26)27/h2-5,10,12-13,16,25H,6-9H2,1H3,(H2,20,26,27)(H,21,22,23,24)/t12-,13-,16-/m0/s1. The van der Waals surface area contributed by atoms with E-state index in [1.165, 1.54) is 6.33 Å². The minimum absolute atomic E-state index is 0.114. The van der Waals surface area contributed by atoms with Crippen LogP contribution < -0.4 is 5.14 Å². The number of aliphatic hydroxyl groups excluding tert-OH is 1. The Morgan fingerprint density at radius 3 is 2.83 bits per heavy atom. The number of hydrogen-bond acceptors (Lipinski definition) is 7. The Kier molecular flexibility index (Phi) is 5.34. The van der Waals surface area contributed by atoms with Crippen LogP contribution in [0.25, 0.3) is 22.6 Å². The van der Waals surface area contributed by atoms with Gasteiger partial charge in [-0.1, -0.05) is 24.3 Å². The number of hydrogen-bond donors (Lipinski definition) is 3. The maximum Gasteiger partial charge on any atom is 0.333 e. The van der Waals surface area contributed by atoms with Crippen molar-refractivity contribution in [3.8, 4) is 11.4 Å². The van der Waals surface area contributed by atoms with Crippen molar-refractivity contribution < 1.29 is 17.7 Å². The van der Waals surface area contributed by atoms with Gasteiger partial charge in [0.2, 0.25) is 0 Å². The number of aliphatic hydroxyl groups is 1. The Balaban J connectivity index is 1.54. The molecular weight excluding hydrogens is 394 g/mol. The summed E-state index contributed by atoms with van der Waals surface area (Å²) in [5.74, 6) is 0.605. The van der Waals surface area contributed by atoms with Gasteiger partial charge in [-0.15, -0.1) is 0 Å². The van der Waals surface area contributed by atoms with Crippen molar-refractivity contribution >= 4 is 21.5 Å². The van der Waals surface area contributed by atoms with E-state index in [9.17, 15) is 13.5 Å². The molecule has 3 aromatic rings. The summed E-state index contributed by atoms with van der Waals surface area (Å²) < 4.78 is 26.7. The number of rotatable bonds is 6. The van der Waals surface area contributed by atoms with E-state index in [0.29, 0.717) is 24.9 Å². The fraction of sp³-hybridized carbons (Fsp3) is 0.421. The highest BCUT2D eigenvalue weighted by molar-refractivity contribution is 7.84. The number of nitrogens with zero attached hydrogens (tertiary/aromatic N) is 3. The molecule has 10 heteroatoms. The Morgan fingerprint density at radius 1 is 1.28 bits per heavy atom. The second-order valence-corrected chi connectivity index (χ2v) is 8.79. The van der Waals surface area contributed by atoms with E-state index in [0.717, 1.165) is 28.2 Å². The summed E-state index contributed by atoms with van der Waals surface area (Å²) in [4.78, 5) is 16.7. The van der Waals surface area contributed by atoms with Gasteiger partial charge in [-0.05, 0) is 37.7 Å². The molecule has 1 fully saturated rings. The van der Waals surface area contributed by atoms with Crippen molar-refractivity contribution in [3.05, 3.63) is 41.9 Å². The van der Waals surface area contributed by atoms with Crippen molar-refractivity contribution in [2.75, 3.05) is 6.61 Å². The second kappa shape index (κ2) is 7.79. The van der Waals surface area contributed by atoms with Gasteiger partial charge in [-0.3, -0.25) is 4.18 Å². The quantitative estimate of drug-likeness (QED) is 0.551. The lowest BCUT2D eigenvalue weighted by Crippen LogP contribution is -2.24. The van der Waals surface area contributed by atoms with Crippen LogP contribution in [0.4, 0.5) is 0 Å². The average Bonchev–Trinajstić information content (AvgIpc) is 3.24. The van der Waals surface area contributed by atoms with E-state index in [4.69, 9.17) is 5.14 Å². The molecule has 1 aromatic carbocycles. The molecule has 0 bridgehead atoms. The first-order valence-electron chi connectivity index (χ1n) is 9.41. The van der Waals surface area contributed by atoms with Crippen LogP contribution in [0.5, 0.6) is 0 Å². The zero-order chi connectivity index (χ0) is 20.6. The largest absolute Gasteiger partial charge is 0.393 e. The Bertz CT molecular complexity index is 1130. The molecule has 2 aromatic heterocycles. The number of aryl methyl sites for hydroxylation is 1. The van der Waals surface area contributed by atoms with Crippen molar-refractivity contribution in [1.82, 2.24) is 19.9 Å². The van der Waals surface area contributed by atoms with Gasteiger partial charge in [0.1, 0.15) is 17.7 Å². The number of aromatic nitrogens is 4. The number of aromatic amines is 1. The third-order valence-electron chi connectivity index (χ3n) is 5.45. The Hall–Kier alpha value is -2.40.